The van der Waals surface area contributed by atoms with Crippen LogP contribution in [0.25, 0.3) is 5.78 Å². The highest BCUT2D eigenvalue weighted by Gasteiger charge is 2.36. The Hall–Kier alpha value is -2.80. The molecule has 2 aromatic heterocycles. The zero-order valence-corrected chi connectivity index (χ0v) is 13.8. The van der Waals surface area contributed by atoms with Gasteiger partial charge in [-0.15, -0.1) is 10.2 Å². The Morgan fingerprint density at radius 2 is 2.00 bits per heavy atom. The molecule has 0 aliphatic heterocycles. The number of rotatable bonds is 4. The van der Waals surface area contributed by atoms with Crippen molar-refractivity contribution in [3.05, 3.63) is 59.7 Å². The largest absolute Gasteiger partial charge is 0.393 e. The van der Waals surface area contributed by atoms with Crippen molar-refractivity contribution in [3.63, 3.8) is 0 Å². The number of benzene rings is 1. The second-order valence-electron chi connectivity index (χ2n) is 6.51. The summed E-state index contributed by atoms with van der Waals surface area (Å²) in [4.78, 5) is 17.1. The van der Waals surface area contributed by atoms with Crippen LogP contribution >= 0.6 is 0 Å². The lowest BCUT2D eigenvalue weighted by Crippen LogP contribution is -2.41. The highest BCUT2D eigenvalue weighted by molar-refractivity contribution is 5.91. The van der Waals surface area contributed by atoms with Gasteiger partial charge in [0.1, 0.15) is 0 Å². The molecule has 2 heterocycles. The molecule has 7 nitrogen and oxygen atoms in total. The van der Waals surface area contributed by atoms with Gasteiger partial charge in [-0.05, 0) is 37.3 Å². The summed E-state index contributed by atoms with van der Waals surface area (Å²) in [5, 5.41) is 20.7. The maximum atomic E-state index is 12.8. The van der Waals surface area contributed by atoms with Crippen LogP contribution in [0.1, 0.15) is 40.8 Å². The second-order valence-corrected chi connectivity index (χ2v) is 6.51. The van der Waals surface area contributed by atoms with Crippen LogP contribution in [0.5, 0.6) is 0 Å². The van der Waals surface area contributed by atoms with Crippen molar-refractivity contribution in [1.29, 1.82) is 0 Å². The van der Waals surface area contributed by atoms with Crippen LogP contribution in [-0.4, -0.2) is 36.7 Å². The molecule has 0 spiro atoms. The standard InChI is InChI=1S/C18H19N5O2/c1-11-7-8-23-16(21-22-18(23)19-11)17(25)20-15(13-9-14(24)10-13)12-5-3-2-4-6-12/h2-8,13-15,24H,9-10H2,1H3,(H,20,25)/t13?,14?,15-/m0/s1. The molecule has 25 heavy (non-hydrogen) atoms. The summed E-state index contributed by atoms with van der Waals surface area (Å²) >= 11 is 0. The molecular weight excluding hydrogens is 318 g/mol. The van der Waals surface area contributed by atoms with Crippen LogP contribution in [0.4, 0.5) is 0 Å². The summed E-state index contributed by atoms with van der Waals surface area (Å²) in [7, 11) is 0. The normalized spacial score (nSPS) is 20.9. The Kier molecular flexibility index (Phi) is 3.93. The number of nitrogens with one attached hydrogen (secondary N) is 1. The van der Waals surface area contributed by atoms with E-state index in [1.165, 1.54) is 0 Å². The van der Waals surface area contributed by atoms with Gasteiger partial charge >= 0.3 is 0 Å². The maximum absolute atomic E-state index is 12.8. The van der Waals surface area contributed by atoms with Gasteiger partial charge in [0.05, 0.1) is 12.1 Å². The summed E-state index contributed by atoms with van der Waals surface area (Å²) in [6.45, 7) is 1.86. The van der Waals surface area contributed by atoms with Gasteiger partial charge in [-0.3, -0.25) is 9.20 Å². The number of aliphatic hydroxyl groups excluding tert-OH is 1. The van der Waals surface area contributed by atoms with Crippen molar-refractivity contribution in [2.45, 2.75) is 31.9 Å². The van der Waals surface area contributed by atoms with Gasteiger partial charge in [0.2, 0.25) is 5.82 Å². The number of nitrogens with zero attached hydrogens (tertiary/aromatic N) is 4. The van der Waals surface area contributed by atoms with E-state index in [0.29, 0.717) is 18.6 Å². The molecule has 128 valence electrons. The molecular formula is C18H19N5O2. The van der Waals surface area contributed by atoms with Crippen molar-refractivity contribution in [1.82, 2.24) is 24.9 Å². The average molecular weight is 337 g/mol. The molecule has 1 fully saturated rings. The van der Waals surface area contributed by atoms with Gasteiger partial charge in [-0.2, -0.15) is 0 Å². The fourth-order valence-corrected chi connectivity index (χ4v) is 3.27. The molecule has 4 rings (SSSR count). The van der Waals surface area contributed by atoms with Gasteiger partial charge in [-0.1, -0.05) is 30.3 Å². The van der Waals surface area contributed by atoms with E-state index < -0.39 is 0 Å². The summed E-state index contributed by atoms with van der Waals surface area (Å²) in [6, 6.07) is 11.5. The number of amides is 1. The first kappa shape index (κ1) is 15.7. The average Bonchev–Trinajstić information content (AvgIpc) is 3.01. The molecule has 1 saturated carbocycles. The summed E-state index contributed by atoms with van der Waals surface area (Å²) < 4.78 is 1.58. The van der Waals surface area contributed by atoms with Crippen molar-refractivity contribution < 1.29 is 9.90 Å². The maximum Gasteiger partial charge on any atom is 0.290 e. The second kappa shape index (κ2) is 6.25. The third-order valence-corrected chi connectivity index (χ3v) is 4.69. The molecule has 3 aromatic rings. The van der Waals surface area contributed by atoms with Crippen LogP contribution in [0.15, 0.2) is 42.6 Å². The molecule has 2 N–H and O–H groups in total. The first-order chi connectivity index (χ1) is 12.1. The number of aromatic nitrogens is 4. The summed E-state index contributed by atoms with van der Waals surface area (Å²) in [5.41, 5.74) is 1.84. The van der Waals surface area contributed by atoms with Gasteiger partial charge in [-0.25, -0.2) is 4.98 Å². The van der Waals surface area contributed by atoms with E-state index in [4.69, 9.17) is 0 Å². The van der Waals surface area contributed by atoms with Crippen LogP contribution in [0.2, 0.25) is 0 Å². The molecule has 0 unspecified atom stereocenters. The lowest BCUT2D eigenvalue weighted by atomic mass is 9.75. The van der Waals surface area contributed by atoms with Crippen molar-refractivity contribution in [2.24, 2.45) is 5.92 Å². The zero-order chi connectivity index (χ0) is 17.4. The molecule has 0 saturated heterocycles. The van der Waals surface area contributed by atoms with E-state index in [9.17, 15) is 9.90 Å². The summed E-state index contributed by atoms with van der Waals surface area (Å²) in [6.07, 6.45) is 2.83. The van der Waals surface area contributed by atoms with Crippen molar-refractivity contribution in [2.75, 3.05) is 0 Å². The zero-order valence-electron chi connectivity index (χ0n) is 13.8. The number of carbonyl (C=O) groups is 1. The molecule has 1 aliphatic rings. The predicted octanol–water partition coefficient (Wildman–Crippen LogP) is 1.67. The van der Waals surface area contributed by atoms with Gasteiger partial charge in [0.15, 0.2) is 0 Å². The van der Waals surface area contributed by atoms with Crippen molar-refractivity contribution >= 4 is 11.7 Å². The number of carbonyl (C=O) groups excluding carboxylic acids is 1. The minimum absolute atomic E-state index is 0.164. The topological polar surface area (TPSA) is 92.4 Å². The lowest BCUT2D eigenvalue weighted by Gasteiger charge is -2.38. The van der Waals surface area contributed by atoms with Crippen LogP contribution < -0.4 is 5.32 Å². The molecule has 0 radical (unpaired) electrons. The quantitative estimate of drug-likeness (QED) is 0.755. The first-order valence-electron chi connectivity index (χ1n) is 8.34. The minimum atomic E-state index is -0.298. The third-order valence-electron chi connectivity index (χ3n) is 4.69. The SMILES string of the molecule is Cc1ccn2c(C(=O)N[C@@H](c3ccccc3)C3CC(O)C3)nnc2n1. The number of aryl methyl sites for hydroxylation is 1. The predicted molar refractivity (Wildman–Crippen MR) is 90.9 cm³/mol. The van der Waals surface area contributed by atoms with Crippen LogP contribution in [0.3, 0.4) is 0 Å². The number of aliphatic hydroxyl groups is 1. The fraction of sp³-hybridized carbons (Fsp3) is 0.333. The van der Waals surface area contributed by atoms with E-state index in [-0.39, 0.29) is 29.8 Å². The number of hydrogen-bond acceptors (Lipinski definition) is 5. The minimum Gasteiger partial charge on any atom is -0.393 e. The van der Waals surface area contributed by atoms with Crippen molar-refractivity contribution in [3.8, 4) is 0 Å². The van der Waals surface area contributed by atoms with E-state index in [0.717, 1.165) is 11.3 Å². The number of fused-ring (bicyclic) bond motifs is 1. The van der Waals surface area contributed by atoms with Crippen LogP contribution in [0, 0.1) is 12.8 Å². The monoisotopic (exact) mass is 337 g/mol. The highest BCUT2D eigenvalue weighted by atomic mass is 16.3. The third kappa shape index (κ3) is 2.98. The molecule has 1 amide bonds. The Bertz CT molecular complexity index is 902. The smallest absolute Gasteiger partial charge is 0.290 e. The Labute approximate surface area is 144 Å². The molecule has 0 bridgehead atoms. The molecule has 1 aromatic carbocycles. The number of hydrogen-bond donors (Lipinski definition) is 2. The Morgan fingerprint density at radius 3 is 2.72 bits per heavy atom. The van der Waals surface area contributed by atoms with E-state index in [1.54, 1.807) is 10.6 Å². The first-order valence-corrected chi connectivity index (χ1v) is 8.34. The van der Waals surface area contributed by atoms with E-state index in [1.807, 2.05) is 43.3 Å². The highest BCUT2D eigenvalue weighted by Crippen LogP contribution is 2.38. The van der Waals surface area contributed by atoms with Crippen LogP contribution in [-0.2, 0) is 0 Å². The van der Waals surface area contributed by atoms with E-state index >= 15 is 0 Å². The molecule has 1 atom stereocenters. The Balaban J connectivity index is 1.61. The summed E-state index contributed by atoms with van der Waals surface area (Å²) in [5.74, 6) is 0.526. The van der Waals surface area contributed by atoms with Gasteiger partial charge < -0.3 is 10.4 Å². The van der Waals surface area contributed by atoms with E-state index in [2.05, 4.69) is 20.5 Å². The molecule has 7 heteroatoms. The van der Waals surface area contributed by atoms with Gasteiger partial charge in [0.25, 0.3) is 11.7 Å². The Morgan fingerprint density at radius 1 is 1.24 bits per heavy atom. The van der Waals surface area contributed by atoms with Gasteiger partial charge in [0, 0.05) is 11.9 Å². The fourth-order valence-electron chi connectivity index (χ4n) is 3.27. The lowest BCUT2D eigenvalue weighted by molar-refractivity contribution is 0.0234. The molecule has 1 aliphatic carbocycles.